The Labute approximate surface area is 159 Å². The van der Waals surface area contributed by atoms with Gasteiger partial charge in [-0.3, -0.25) is 4.79 Å². The first-order valence-corrected chi connectivity index (χ1v) is 9.68. The molecule has 1 aliphatic heterocycles. The molecule has 1 atom stereocenters. The lowest BCUT2D eigenvalue weighted by Crippen LogP contribution is -2.39. The van der Waals surface area contributed by atoms with E-state index in [1.54, 1.807) is 6.07 Å². The summed E-state index contributed by atoms with van der Waals surface area (Å²) in [5.41, 5.74) is 1.44. The molecule has 5 nitrogen and oxygen atoms in total. The van der Waals surface area contributed by atoms with Gasteiger partial charge in [0, 0.05) is 24.2 Å². The van der Waals surface area contributed by atoms with Gasteiger partial charge in [0.05, 0.1) is 0 Å². The van der Waals surface area contributed by atoms with Gasteiger partial charge in [0.15, 0.2) is 11.5 Å². The predicted octanol–water partition coefficient (Wildman–Crippen LogP) is 3.87. The van der Waals surface area contributed by atoms with E-state index in [1.807, 2.05) is 30.3 Å². The smallest absolute Gasteiger partial charge is 0.271 e. The van der Waals surface area contributed by atoms with Crippen LogP contribution in [0.5, 0.6) is 0 Å². The minimum Gasteiger partial charge on any atom is -0.352 e. The van der Waals surface area contributed by atoms with Crippen LogP contribution in [0.2, 0.25) is 5.02 Å². The third-order valence-corrected chi connectivity index (χ3v) is 5.10. The third kappa shape index (κ3) is 4.73. The molecule has 3 rings (SSSR count). The summed E-state index contributed by atoms with van der Waals surface area (Å²) in [6.07, 6.45) is 5.49. The first-order chi connectivity index (χ1) is 12.7. The Hall–Kier alpha value is -2.14. The van der Waals surface area contributed by atoms with E-state index in [0.717, 1.165) is 30.8 Å². The molecule has 0 aliphatic carbocycles. The number of nitrogens with one attached hydrogen (secondary N) is 1. The van der Waals surface area contributed by atoms with Crippen molar-refractivity contribution in [3.63, 3.8) is 0 Å². The van der Waals surface area contributed by atoms with Crippen molar-refractivity contribution in [1.82, 2.24) is 15.5 Å². The van der Waals surface area contributed by atoms with E-state index in [1.165, 1.54) is 19.3 Å². The molecule has 26 heavy (non-hydrogen) atoms. The summed E-state index contributed by atoms with van der Waals surface area (Å²) >= 11 is 5.97. The highest BCUT2D eigenvalue weighted by Gasteiger charge is 2.22. The molecule has 1 fully saturated rings. The van der Waals surface area contributed by atoms with Crippen LogP contribution in [-0.4, -0.2) is 35.2 Å². The van der Waals surface area contributed by atoms with Gasteiger partial charge in [-0.05, 0) is 61.9 Å². The predicted molar refractivity (Wildman–Crippen MR) is 105 cm³/mol. The maximum atomic E-state index is 12.3. The molecular weight excluding hydrogens is 348 g/mol. The Bertz CT molecular complexity index is 735. The highest BCUT2D eigenvalue weighted by molar-refractivity contribution is 6.30. The van der Waals surface area contributed by atoms with Gasteiger partial charge in [0.25, 0.3) is 5.91 Å². The Balaban J connectivity index is 1.55. The van der Waals surface area contributed by atoms with E-state index >= 15 is 0 Å². The van der Waals surface area contributed by atoms with Gasteiger partial charge in [-0.25, -0.2) is 0 Å². The average Bonchev–Trinajstić information content (AvgIpc) is 2.68. The van der Waals surface area contributed by atoms with Gasteiger partial charge in [-0.15, -0.1) is 10.2 Å². The number of anilines is 1. The Morgan fingerprint density at radius 3 is 2.88 bits per heavy atom. The third-order valence-electron chi connectivity index (χ3n) is 4.86. The number of rotatable bonds is 6. The fourth-order valence-corrected chi connectivity index (χ4v) is 3.64. The van der Waals surface area contributed by atoms with Crippen molar-refractivity contribution in [3.05, 3.63) is 52.7 Å². The topological polar surface area (TPSA) is 58.1 Å². The van der Waals surface area contributed by atoms with Crippen LogP contribution in [0.1, 0.15) is 48.7 Å². The largest absolute Gasteiger partial charge is 0.352 e. The summed E-state index contributed by atoms with van der Waals surface area (Å²) in [5, 5.41) is 12.0. The second-order valence-corrected chi connectivity index (χ2v) is 7.10. The number of piperidine rings is 1. The maximum absolute atomic E-state index is 12.3. The van der Waals surface area contributed by atoms with Crippen molar-refractivity contribution in [2.45, 2.75) is 45.1 Å². The van der Waals surface area contributed by atoms with Crippen LogP contribution in [-0.2, 0) is 6.42 Å². The minimum atomic E-state index is -0.197. The number of hydrogen-bond donors (Lipinski definition) is 1. The van der Waals surface area contributed by atoms with E-state index in [-0.39, 0.29) is 5.91 Å². The minimum absolute atomic E-state index is 0.197. The molecule has 0 radical (unpaired) electrons. The number of aromatic nitrogens is 2. The Morgan fingerprint density at radius 1 is 1.27 bits per heavy atom. The standard InChI is InChI=1S/C20H25ClN4O/c1-2-17-8-3-4-13-25(17)19-10-9-18(23-24-19)20(26)22-12-11-15-6-5-7-16(21)14-15/h5-7,9-10,14,17H,2-4,8,11-13H2,1H3,(H,22,26). The van der Waals surface area contributed by atoms with Crippen molar-refractivity contribution < 1.29 is 4.79 Å². The summed E-state index contributed by atoms with van der Waals surface area (Å²) in [7, 11) is 0. The molecule has 1 aliphatic rings. The molecule has 6 heteroatoms. The number of hydrogen-bond acceptors (Lipinski definition) is 4. The quantitative estimate of drug-likeness (QED) is 0.836. The zero-order chi connectivity index (χ0) is 18.4. The van der Waals surface area contributed by atoms with Gasteiger partial charge in [0.2, 0.25) is 0 Å². The molecule has 0 spiro atoms. The number of benzene rings is 1. The molecule has 1 amide bonds. The van der Waals surface area contributed by atoms with E-state index in [2.05, 4.69) is 27.3 Å². The van der Waals surface area contributed by atoms with Gasteiger partial charge in [-0.2, -0.15) is 0 Å². The van der Waals surface area contributed by atoms with Crippen LogP contribution < -0.4 is 10.2 Å². The molecule has 1 unspecified atom stereocenters. The number of halogens is 1. The number of carbonyl (C=O) groups is 1. The molecular formula is C20H25ClN4O. The van der Waals surface area contributed by atoms with Crippen molar-refractivity contribution in [2.75, 3.05) is 18.0 Å². The first kappa shape index (κ1) is 18.6. The monoisotopic (exact) mass is 372 g/mol. The SMILES string of the molecule is CCC1CCCCN1c1ccc(C(=O)NCCc2cccc(Cl)c2)nn1. The highest BCUT2D eigenvalue weighted by atomic mass is 35.5. The van der Waals surface area contributed by atoms with E-state index < -0.39 is 0 Å². The van der Waals surface area contributed by atoms with Crippen LogP contribution >= 0.6 is 11.6 Å². The molecule has 2 aromatic rings. The second-order valence-electron chi connectivity index (χ2n) is 6.66. The van der Waals surface area contributed by atoms with Gasteiger partial charge < -0.3 is 10.2 Å². The van der Waals surface area contributed by atoms with Crippen LogP contribution in [0.25, 0.3) is 0 Å². The summed E-state index contributed by atoms with van der Waals surface area (Å²) in [4.78, 5) is 14.6. The number of nitrogens with zero attached hydrogens (tertiary/aromatic N) is 3. The van der Waals surface area contributed by atoms with Crippen LogP contribution in [0, 0.1) is 0 Å². The summed E-state index contributed by atoms with van der Waals surface area (Å²) in [6, 6.07) is 11.8. The van der Waals surface area contributed by atoms with Crippen LogP contribution in [0.4, 0.5) is 5.82 Å². The molecule has 138 valence electrons. The van der Waals surface area contributed by atoms with Crippen LogP contribution in [0.3, 0.4) is 0 Å². The van der Waals surface area contributed by atoms with E-state index in [0.29, 0.717) is 23.3 Å². The molecule has 0 bridgehead atoms. The number of carbonyl (C=O) groups excluding carboxylic acids is 1. The Kier molecular flexibility index (Phi) is 6.45. The van der Waals surface area contributed by atoms with Crippen molar-refractivity contribution in [2.24, 2.45) is 0 Å². The molecule has 1 aromatic heterocycles. The van der Waals surface area contributed by atoms with Crippen molar-refractivity contribution >= 4 is 23.3 Å². The molecule has 1 aromatic carbocycles. The molecule has 2 heterocycles. The zero-order valence-corrected chi connectivity index (χ0v) is 15.9. The summed E-state index contributed by atoms with van der Waals surface area (Å²) in [6.45, 7) is 3.75. The molecule has 1 N–H and O–H groups in total. The summed E-state index contributed by atoms with van der Waals surface area (Å²) in [5.74, 6) is 0.670. The van der Waals surface area contributed by atoms with Crippen molar-refractivity contribution in [3.8, 4) is 0 Å². The first-order valence-electron chi connectivity index (χ1n) is 9.30. The lowest BCUT2D eigenvalue weighted by molar-refractivity contribution is 0.0948. The second kappa shape index (κ2) is 8.99. The number of amides is 1. The molecule has 0 saturated carbocycles. The normalized spacial score (nSPS) is 17.2. The zero-order valence-electron chi connectivity index (χ0n) is 15.1. The lowest BCUT2D eigenvalue weighted by atomic mass is 10.0. The summed E-state index contributed by atoms with van der Waals surface area (Å²) < 4.78 is 0. The van der Waals surface area contributed by atoms with Crippen LogP contribution in [0.15, 0.2) is 36.4 Å². The fourth-order valence-electron chi connectivity index (χ4n) is 3.43. The van der Waals surface area contributed by atoms with Gasteiger partial charge >= 0.3 is 0 Å². The van der Waals surface area contributed by atoms with Gasteiger partial charge in [0.1, 0.15) is 0 Å². The van der Waals surface area contributed by atoms with Gasteiger partial charge in [-0.1, -0.05) is 30.7 Å². The average molecular weight is 373 g/mol. The maximum Gasteiger partial charge on any atom is 0.271 e. The lowest BCUT2D eigenvalue weighted by Gasteiger charge is -2.35. The Morgan fingerprint density at radius 2 is 2.15 bits per heavy atom. The molecule has 1 saturated heterocycles. The highest BCUT2D eigenvalue weighted by Crippen LogP contribution is 2.24. The van der Waals surface area contributed by atoms with E-state index in [4.69, 9.17) is 11.6 Å². The van der Waals surface area contributed by atoms with E-state index in [9.17, 15) is 4.79 Å². The van der Waals surface area contributed by atoms with Crippen molar-refractivity contribution in [1.29, 1.82) is 0 Å². The fraction of sp³-hybridized carbons (Fsp3) is 0.450.